The molecule has 1 aliphatic carbocycles. The summed E-state index contributed by atoms with van der Waals surface area (Å²) in [4.78, 5) is 12.4. The fourth-order valence-electron chi connectivity index (χ4n) is 2.56. The molecule has 0 atom stereocenters. The summed E-state index contributed by atoms with van der Waals surface area (Å²) in [5.41, 5.74) is 1.75. The molecule has 4 heteroatoms. The molecule has 1 fully saturated rings. The highest BCUT2D eigenvalue weighted by Gasteiger charge is 2.21. The number of hydrogen-bond acceptors (Lipinski definition) is 2. The summed E-state index contributed by atoms with van der Waals surface area (Å²) < 4.78 is 6.19. The number of carbonyl (C=O) groups excluding carboxylic acids is 1. The Morgan fingerprint density at radius 1 is 1.42 bits per heavy atom. The van der Waals surface area contributed by atoms with Gasteiger partial charge in [-0.2, -0.15) is 0 Å². The highest BCUT2D eigenvalue weighted by Crippen LogP contribution is 2.31. The van der Waals surface area contributed by atoms with Gasteiger partial charge >= 0.3 is 0 Å². The minimum atomic E-state index is -0.0280. The highest BCUT2D eigenvalue weighted by molar-refractivity contribution is 9.10. The molecule has 1 N–H and O–H groups in total. The topological polar surface area (TPSA) is 38.3 Å². The van der Waals surface area contributed by atoms with E-state index in [1.807, 2.05) is 12.1 Å². The number of hydrogen-bond donors (Lipinski definition) is 1. The van der Waals surface area contributed by atoms with Crippen molar-refractivity contribution in [1.29, 1.82) is 0 Å². The number of ether oxygens (including phenoxy) is 1. The molecule has 1 aromatic carbocycles. The van der Waals surface area contributed by atoms with E-state index in [0.29, 0.717) is 17.4 Å². The number of nitrogens with one attached hydrogen (secondary N) is 1. The van der Waals surface area contributed by atoms with Crippen LogP contribution in [0, 0.1) is 0 Å². The largest absolute Gasteiger partial charge is 0.495 e. The molecule has 0 radical (unpaired) electrons. The molecule has 0 aromatic heterocycles. The van der Waals surface area contributed by atoms with Crippen LogP contribution in [0.2, 0.25) is 0 Å². The molecule has 0 bridgehead atoms. The van der Waals surface area contributed by atoms with Crippen molar-refractivity contribution in [1.82, 2.24) is 5.32 Å². The van der Waals surface area contributed by atoms with Crippen molar-refractivity contribution in [2.45, 2.75) is 45.1 Å². The molecule has 0 unspecified atom stereocenters. The molecule has 1 amide bonds. The summed E-state index contributed by atoms with van der Waals surface area (Å²) >= 11 is 3.47. The Hall–Kier alpha value is -1.03. The maximum atomic E-state index is 12.4. The third-order valence-corrected chi connectivity index (χ3v) is 4.24. The summed E-state index contributed by atoms with van der Waals surface area (Å²) in [5, 5.41) is 3.11. The van der Waals surface area contributed by atoms with Gasteiger partial charge in [-0.1, -0.05) is 19.8 Å². The van der Waals surface area contributed by atoms with Crippen LogP contribution in [0.5, 0.6) is 5.75 Å². The Morgan fingerprint density at radius 3 is 2.68 bits per heavy atom. The average molecular weight is 326 g/mol. The molecule has 1 aromatic rings. The minimum absolute atomic E-state index is 0.0280. The first-order valence-electron chi connectivity index (χ1n) is 6.83. The molecular weight excluding hydrogens is 306 g/mol. The molecule has 0 spiro atoms. The van der Waals surface area contributed by atoms with Crippen LogP contribution in [0.15, 0.2) is 16.6 Å². The fourth-order valence-corrected chi connectivity index (χ4v) is 3.23. The number of benzene rings is 1. The second-order valence-electron chi connectivity index (χ2n) is 4.97. The van der Waals surface area contributed by atoms with E-state index < -0.39 is 0 Å². The van der Waals surface area contributed by atoms with Crippen molar-refractivity contribution >= 4 is 21.8 Å². The van der Waals surface area contributed by atoms with Gasteiger partial charge in [0.1, 0.15) is 5.75 Å². The van der Waals surface area contributed by atoms with Gasteiger partial charge in [-0.25, -0.2) is 0 Å². The predicted octanol–water partition coefficient (Wildman–Crippen LogP) is 3.69. The molecule has 0 saturated heterocycles. The van der Waals surface area contributed by atoms with Gasteiger partial charge in [0.05, 0.1) is 17.1 Å². The quantitative estimate of drug-likeness (QED) is 0.916. The second-order valence-corrected chi connectivity index (χ2v) is 5.82. The number of rotatable bonds is 4. The number of halogens is 1. The van der Waals surface area contributed by atoms with Crippen LogP contribution in [0.4, 0.5) is 0 Å². The summed E-state index contributed by atoms with van der Waals surface area (Å²) in [6, 6.07) is 4.25. The fraction of sp³-hybridized carbons (Fsp3) is 0.533. The van der Waals surface area contributed by atoms with Crippen molar-refractivity contribution in [3.8, 4) is 5.75 Å². The zero-order chi connectivity index (χ0) is 13.8. The maximum Gasteiger partial charge on any atom is 0.255 e. The number of carbonyl (C=O) groups is 1. The van der Waals surface area contributed by atoms with Gasteiger partial charge in [0.25, 0.3) is 5.91 Å². The van der Waals surface area contributed by atoms with E-state index in [-0.39, 0.29) is 5.91 Å². The highest BCUT2D eigenvalue weighted by atomic mass is 79.9. The van der Waals surface area contributed by atoms with E-state index >= 15 is 0 Å². The minimum Gasteiger partial charge on any atom is -0.495 e. The van der Waals surface area contributed by atoms with Crippen molar-refractivity contribution < 1.29 is 9.53 Å². The first-order chi connectivity index (χ1) is 9.15. The van der Waals surface area contributed by atoms with Crippen molar-refractivity contribution in [3.63, 3.8) is 0 Å². The van der Waals surface area contributed by atoms with Gasteiger partial charge in [-0.3, -0.25) is 4.79 Å². The first-order valence-corrected chi connectivity index (χ1v) is 7.62. The molecule has 1 saturated carbocycles. The average Bonchev–Trinajstić information content (AvgIpc) is 2.90. The van der Waals surface area contributed by atoms with Gasteiger partial charge in [-0.15, -0.1) is 0 Å². The Balaban J connectivity index is 2.25. The van der Waals surface area contributed by atoms with Crippen molar-refractivity contribution in [2.24, 2.45) is 0 Å². The van der Waals surface area contributed by atoms with Crippen LogP contribution in [0.3, 0.4) is 0 Å². The lowest BCUT2D eigenvalue weighted by molar-refractivity contribution is 0.0934. The van der Waals surface area contributed by atoms with E-state index in [1.54, 1.807) is 7.11 Å². The second kappa shape index (κ2) is 6.42. The van der Waals surface area contributed by atoms with Gasteiger partial charge in [-0.05, 0) is 52.9 Å². The van der Waals surface area contributed by atoms with Crippen LogP contribution < -0.4 is 10.1 Å². The smallest absolute Gasteiger partial charge is 0.255 e. The van der Waals surface area contributed by atoms with E-state index in [1.165, 1.54) is 12.8 Å². The Kier molecular flexibility index (Phi) is 4.86. The molecule has 0 heterocycles. The lowest BCUT2D eigenvalue weighted by Gasteiger charge is -2.16. The normalized spacial score (nSPS) is 15.5. The van der Waals surface area contributed by atoms with Crippen LogP contribution in [0.1, 0.15) is 48.5 Å². The molecular formula is C15H20BrNO2. The number of methoxy groups -OCH3 is 1. The zero-order valence-electron chi connectivity index (χ0n) is 11.5. The summed E-state index contributed by atoms with van der Waals surface area (Å²) in [6.07, 6.45) is 5.49. The van der Waals surface area contributed by atoms with Gasteiger partial charge < -0.3 is 10.1 Å². The lowest BCUT2D eigenvalue weighted by Crippen LogP contribution is -2.32. The number of aryl methyl sites for hydroxylation is 1. The SMILES string of the molecule is CCc1cc(Br)c(OC)c(C(=O)NC2CCCC2)c1. The van der Waals surface area contributed by atoms with Crippen LogP contribution in [0.25, 0.3) is 0 Å². The van der Waals surface area contributed by atoms with Crippen molar-refractivity contribution in [2.75, 3.05) is 7.11 Å². The monoisotopic (exact) mass is 325 g/mol. The molecule has 0 aliphatic heterocycles. The van der Waals surface area contributed by atoms with Crippen LogP contribution in [-0.2, 0) is 6.42 Å². The first kappa shape index (κ1) is 14.4. The zero-order valence-corrected chi connectivity index (χ0v) is 13.0. The third kappa shape index (κ3) is 3.30. The molecule has 3 nitrogen and oxygen atoms in total. The lowest BCUT2D eigenvalue weighted by atomic mass is 10.1. The molecule has 1 aliphatic rings. The summed E-state index contributed by atoms with van der Waals surface area (Å²) in [7, 11) is 1.60. The van der Waals surface area contributed by atoms with Crippen molar-refractivity contribution in [3.05, 3.63) is 27.7 Å². The summed E-state index contributed by atoms with van der Waals surface area (Å²) in [5.74, 6) is 0.590. The van der Waals surface area contributed by atoms with Gasteiger partial charge in [0.2, 0.25) is 0 Å². The van der Waals surface area contributed by atoms with Crippen LogP contribution in [-0.4, -0.2) is 19.1 Å². The standard InChI is InChI=1S/C15H20BrNO2/c1-3-10-8-12(14(19-2)13(16)9-10)15(18)17-11-6-4-5-7-11/h8-9,11H,3-7H2,1-2H3,(H,17,18). The van der Waals surface area contributed by atoms with Crippen LogP contribution >= 0.6 is 15.9 Å². The Bertz CT molecular complexity index is 467. The number of amides is 1. The molecule has 19 heavy (non-hydrogen) atoms. The van der Waals surface area contributed by atoms with E-state index in [0.717, 1.165) is 29.3 Å². The molecule has 2 rings (SSSR count). The Labute approximate surface area is 122 Å². The van der Waals surface area contributed by atoms with E-state index in [9.17, 15) is 4.79 Å². The van der Waals surface area contributed by atoms with E-state index in [2.05, 4.69) is 28.2 Å². The summed E-state index contributed by atoms with van der Waals surface area (Å²) in [6.45, 7) is 2.08. The van der Waals surface area contributed by atoms with Gasteiger partial charge in [0, 0.05) is 6.04 Å². The van der Waals surface area contributed by atoms with Gasteiger partial charge in [0.15, 0.2) is 0 Å². The molecule has 104 valence electrons. The third-order valence-electron chi connectivity index (χ3n) is 3.65. The Morgan fingerprint density at radius 2 is 2.11 bits per heavy atom. The van der Waals surface area contributed by atoms with E-state index in [4.69, 9.17) is 4.74 Å². The predicted molar refractivity (Wildman–Crippen MR) is 79.8 cm³/mol. The maximum absolute atomic E-state index is 12.4.